The predicted octanol–water partition coefficient (Wildman–Crippen LogP) is 3.33. The van der Waals surface area contributed by atoms with Crippen molar-refractivity contribution in [3.63, 3.8) is 0 Å². The van der Waals surface area contributed by atoms with Gasteiger partial charge in [0.15, 0.2) is 0 Å². The van der Waals surface area contributed by atoms with E-state index in [9.17, 15) is 4.79 Å². The van der Waals surface area contributed by atoms with Crippen LogP contribution in [0.25, 0.3) is 4.96 Å². The van der Waals surface area contributed by atoms with Crippen LogP contribution in [-0.2, 0) is 4.74 Å². The maximum Gasteiger partial charge on any atom is 0.339 e. The van der Waals surface area contributed by atoms with Crippen LogP contribution in [0.1, 0.15) is 16.1 Å². The second kappa shape index (κ2) is 5.34. The van der Waals surface area contributed by atoms with E-state index in [2.05, 4.69) is 14.8 Å². The van der Waals surface area contributed by atoms with E-state index in [1.54, 1.807) is 22.7 Å². The van der Waals surface area contributed by atoms with Crippen LogP contribution >= 0.6 is 22.9 Å². The minimum atomic E-state index is -0.491. The third kappa shape index (κ3) is 2.70. The quantitative estimate of drug-likeness (QED) is 0.692. The molecule has 0 unspecified atom stereocenters. The molecule has 2 heterocycles. The summed E-state index contributed by atoms with van der Waals surface area (Å²) in [6.07, 6.45) is 1.81. The molecule has 0 atom stereocenters. The van der Waals surface area contributed by atoms with E-state index >= 15 is 0 Å². The Morgan fingerprint density at radius 3 is 2.90 bits per heavy atom. The van der Waals surface area contributed by atoms with Gasteiger partial charge in [-0.3, -0.25) is 0 Å². The highest BCUT2D eigenvalue weighted by molar-refractivity contribution is 7.18. The van der Waals surface area contributed by atoms with Crippen molar-refractivity contribution in [1.82, 2.24) is 14.6 Å². The average Bonchev–Trinajstić information content (AvgIpc) is 2.94. The summed E-state index contributed by atoms with van der Waals surface area (Å²) in [7, 11) is 1.30. The van der Waals surface area contributed by atoms with Gasteiger partial charge in [-0.15, -0.1) is 5.10 Å². The van der Waals surface area contributed by atoms with Gasteiger partial charge in [-0.25, -0.2) is 14.3 Å². The van der Waals surface area contributed by atoms with Crippen LogP contribution in [-0.4, -0.2) is 27.7 Å². The van der Waals surface area contributed by atoms with Gasteiger partial charge in [0.05, 0.1) is 29.6 Å². The van der Waals surface area contributed by atoms with Crippen molar-refractivity contribution in [2.75, 3.05) is 7.11 Å². The topological polar surface area (TPSA) is 65.7 Å². The molecule has 0 bridgehead atoms. The molecular weight excluding hydrogens is 314 g/mol. The van der Waals surface area contributed by atoms with Crippen molar-refractivity contribution in [2.24, 2.45) is 0 Å². The summed E-state index contributed by atoms with van der Waals surface area (Å²) in [6, 6.07) is 4.73. The Balaban J connectivity index is 1.85. The molecule has 0 aliphatic heterocycles. The zero-order valence-corrected chi connectivity index (χ0v) is 12.7. The van der Waals surface area contributed by atoms with Crippen molar-refractivity contribution in [1.29, 1.82) is 0 Å². The number of carbonyl (C=O) groups excluding carboxylic acids is 1. The van der Waals surface area contributed by atoms with E-state index in [4.69, 9.17) is 16.3 Å². The molecule has 21 heavy (non-hydrogen) atoms. The molecule has 0 N–H and O–H groups in total. The highest BCUT2D eigenvalue weighted by Crippen LogP contribution is 2.30. The van der Waals surface area contributed by atoms with Crippen molar-refractivity contribution < 1.29 is 14.3 Å². The molecule has 108 valence electrons. The number of fused-ring (bicyclic) bond motifs is 1. The lowest BCUT2D eigenvalue weighted by Crippen LogP contribution is -2.01. The molecule has 0 saturated heterocycles. The van der Waals surface area contributed by atoms with E-state index in [-0.39, 0.29) is 10.6 Å². The Hall–Kier alpha value is -2.12. The Morgan fingerprint density at radius 1 is 1.43 bits per heavy atom. The molecule has 0 amide bonds. The van der Waals surface area contributed by atoms with Crippen LogP contribution in [0.5, 0.6) is 10.9 Å². The summed E-state index contributed by atoms with van der Waals surface area (Å²) in [5.41, 5.74) is 1.18. The molecule has 3 aromatic rings. The molecule has 0 fully saturated rings. The highest BCUT2D eigenvalue weighted by Gasteiger charge is 2.13. The smallest absolute Gasteiger partial charge is 0.339 e. The summed E-state index contributed by atoms with van der Waals surface area (Å²) in [4.78, 5) is 16.5. The monoisotopic (exact) mass is 323 g/mol. The SMILES string of the molecule is COC(=O)c1ccc(Oc2nn3cc(C)nc3s2)cc1Cl. The standard InChI is InChI=1S/C13H10ClN3O3S/c1-7-6-17-12(15-7)21-13(16-17)20-8-3-4-9(10(14)5-8)11(18)19-2/h3-6H,1-2H3. The fourth-order valence-corrected chi connectivity index (χ4v) is 2.81. The van der Waals surface area contributed by atoms with Crippen LogP contribution in [0, 0.1) is 6.92 Å². The van der Waals surface area contributed by atoms with Gasteiger partial charge >= 0.3 is 5.97 Å². The zero-order chi connectivity index (χ0) is 15.0. The Morgan fingerprint density at radius 2 is 2.24 bits per heavy atom. The van der Waals surface area contributed by atoms with Crippen LogP contribution in [0.4, 0.5) is 0 Å². The number of esters is 1. The Labute approximate surface area is 128 Å². The van der Waals surface area contributed by atoms with Crippen LogP contribution < -0.4 is 4.74 Å². The number of hydrogen-bond acceptors (Lipinski definition) is 6. The molecule has 3 rings (SSSR count). The van der Waals surface area contributed by atoms with Gasteiger partial charge in [0.25, 0.3) is 5.19 Å². The number of ether oxygens (including phenoxy) is 2. The van der Waals surface area contributed by atoms with Crippen molar-refractivity contribution in [3.05, 3.63) is 40.7 Å². The molecule has 0 aliphatic rings. The molecule has 0 radical (unpaired) electrons. The lowest BCUT2D eigenvalue weighted by atomic mass is 10.2. The summed E-state index contributed by atoms with van der Waals surface area (Å²) >= 11 is 7.35. The number of hydrogen-bond donors (Lipinski definition) is 0. The molecule has 6 nitrogen and oxygen atoms in total. The van der Waals surface area contributed by atoms with Gasteiger partial charge in [0, 0.05) is 6.07 Å². The fraction of sp³-hybridized carbons (Fsp3) is 0.154. The third-order valence-electron chi connectivity index (χ3n) is 2.70. The van der Waals surface area contributed by atoms with E-state index in [1.807, 2.05) is 13.1 Å². The summed E-state index contributed by atoms with van der Waals surface area (Å²) < 4.78 is 11.9. The number of methoxy groups -OCH3 is 1. The van der Waals surface area contributed by atoms with Crippen molar-refractivity contribution >= 4 is 33.9 Å². The lowest BCUT2D eigenvalue weighted by Gasteiger charge is -2.05. The number of carbonyl (C=O) groups is 1. The van der Waals surface area contributed by atoms with E-state index in [1.165, 1.54) is 18.4 Å². The zero-order valence-electron chi connectivity index (χ0n) is 11.2. The number of rotatable bonds is 3. The van der Waals surface area contributed by atoms with Gasteiger partial charge in [0.1, 0.15) is 5.75 Å². The normalized spacial score (nSPS) is 10.8. The van der Waals surface area contributed by atoms with Crippen molar-refractivity contribution in [3.8, 4) is 10.9 Å². The number of aromatic nitrogens is 3. The predicted molar refractivity (Wildman–Crippen MR) is 78.5 cm³/mol. The van der Waals surface area contributed by atoms with Gasteiger partial charge in [0.2, 0.25) is 4.96 Å². The first kappa shape index (κ1) is 13.8. The first-order valence-corrected chi connectivity index (χ1v) is 7.15. The second-order valence-electron chi connectivity index (χ2n) is 4.21. The van der Waals surface area contributed by atoms with E-state index in [0.717, 1.165) is 10.7 Å². The van der Waals surface area contributed by atoms with Crippen LogP contribution in [0.2, 0.25) is 5.02 Å². The summed E-state index contributed by atoms with van der Waals surface area (Å²) in [5, 5.41) is 4.95. The first-order chi connectivity index (χ1) is 10.1. The maximum atomic E-state index is 11.4. The molecular formula is C13H10ClN3O3S. The number of nitrogens with zero attached hydrogens (tertiary/aromatic N) is 3. The molecule has 0 spiro atoms. The van der Waals surface area contributed by atoms with E-state index < -0.39 is 5.97 Å². The third-order valence-corrected chi connectivity index (χ3v) is 3.81. The van der Waals surface area contributed by atoms with E-state index in [0.29, 0.717) is 10.9 Å². The molecule has 2 aromatic heterocycles. The molecule has 0 saturated carbocycles. The Kier molecular flexibility index (Phi) is 3.52. The minimum Gasteiger partial charge on any atom is -0.465 e. The highest BCUT2D eigenvalue weighted by atomic mass is 35.5. The minimum absolute atomic E-state index is 0.261. The molecule has 1 aromatic carbocycles. The number of aryl methyl sites for hydroxylation is 1. The maximum absolute atomic E-state index is 11.4. The van der Waals surface area contributed by atoms with Crippen LogP contribution in [0.15, 0.2) is 24.4 Å². The molecule has 8 heteroatoms. The number of halogens is 1. The summed E-state index contributed by atoms with van der Waals surface area (Å²) in [5.74, 6) is -0.00359. The number of benzene rings is 1. The fourth-order valence-electron chi connectivity index (χ4n) is 1.77. The number of imidazole rings is 1. The van der Waals surface area contributed by atoms with Crippen LogP contribution in [0.3, 0.4) is 0 Å². The van der Waals surface area contributed by atoms with Gasteiger partial charge in [-0.2, -0.15) is 0 Å². The average molecular weight is 324 g/mol. The molecule has 0 aliphatic carbocycles. The summed E-state index contributed by atoms with van der Waals surface area (Å²) in [6.45, 7) is 1.90. The van der Waals surface area contributed by atoms with Gasteiger partial charge in [-0.1, -0.05) is 11.6 Å². The van der Waals surface area contributed by atoms with Gasteiger partial charge < -0.3 is 9.47 Å². The first-order valence-electron chi connectivity index (χ1n) is 5.95. The van der Waals surface area contributed by atoms with Crippen molar-refractivity contribution in [2.45, 2.75) is 6.92 Å². The Bertz CT molecular complexity index is 796. The second-order valence-corrected chi connectivity index (χ2v) is 5.54. The largest absolute Gasteiger partial charge is 0.465 e. The lowest BCUT2D eigenvalue weighted by molar-refractivity contribution is 0.0601. The van der Waals surface area contributed by atoms with Gasteiger partial charge in [-0.05, 0) is 30.4 Å².